The third-order valence-corrected chi connectivity index (χ3v) is 3.35. The van der Waals surface area contributed by atoms with Crippen molar-refractivity contribution in [3.8, 4) is 5.75 Å². The number of carbonyl (C=O) groups excluding carboxylic acids is 1. The number of rotatable bonds is 8. The second kappa shape index (κ2) is 10.3. The average molecular weight is 332 g/mol. The third kappa shape index (κ3) is 7.17. The van der Waals surface area contributed by atoms with Crippen molar-refractivity contribution in [2.75, 3.05) is 47.4 Å². The van der Waals surface area contributed by atoms with E-state index in [-0.39, 0.29) is 12.5 Å². The van der Waals surface area contributed by atoms with Gasteiger partial charge in [-0.1, -0.05) is 23.8 Å². The van der Waals surface area contributed by atoms with Crippen LogP contribution in [0.5, 0.6) is 5.75 Å². The molecule has 0 saturated carbocycles. The highest BCUT2D eigenvalue weighted by atomic mass is 16.5. The van der Waals surface area contributed by atoms with Crippen molar-refractivity contribution in [2.24, 2.45) is 4.99 Å². The van der Waals surface area contributed by atoms with Gasteiger partial charge in [-0.05, 0) is 19.1 Å². The lowest BCUT2D eigenvalue weighted by Gasteiger charge is -2.22. The minimum absolute atomic E-state index is 0.0443. The maximum atomic E-state index is 11.7. The van der Waals surface area contributed by atoms with Crippen molar-refractivity contribution in [1.29, 1.82) is 0 Å². The van der Waals surface area contributed by atoms with E-state index in [4.69, 9.17) is 4.74 Å². The van der Waals surface area contributed by atoms with Crippen LogP contribution in [0, 0.1) is 6.92 Å². The van der Waals surface area contributed by atoms with Gasteiger partial charge in [0, 0.05) is 27.7 Å². The Morgan fingerprint density at radius 1 is 1.29 bits per heavy atom. The summed E-state index contributed by atoms with van der Waals surface area (Å²) in [4.78, 5) is 19.5. The second-order valence-corrected chi connectivity index (χ2v) is 5.68. The standard InChI is InChI=1S/C18H28N4O2/c1-6-11-19-18(20-14-17(23)21(3)4)22(5)12-13-24-16-9-7-15(2)8-10-16/h6-10H,1,11-14H2,2-5H3,(H,19,20). The number of aliphatic imine (C=N–C) groups is 1. The maximum absolute atomic E-state index is 11.7. The molecule has 132 valence electrons. The lowest BCUT2D eigenvalue weighted by molar-refractivity contribution is -0.127. The van der Waals surface area contributed by atoms with Crippen molar-refractivity contribution in [2.45, 2.75) is 6.92 Å². The number of nitrogens with one attached hydrogen (secondary N) is 1. The van der Waals surface area contributed by atoms with Crippen LogP contribution in [0.25, 0.3) is 0 Å². The van der Waals surface area contributed by atoms with Crippen LogP contribution >= 0.6 is 0 Å². The summed E-state index contributed by atoms with van der Waals surface area (Å²) >= 11 is 0. The van der Waals surface area contributed by atoms with Gasteiger partial charge in [0.25, 0.3) is 0 Å². The van der Waals surface area contributed by atoms with Crippen LogP contribution in [0.1, 0.15) is 5.56 Å². The van der Waals surface area contributed by atoms with Gasteiger partial charge in [-0.3, -0.25) is 4.79 Å². The first-order chi connectivity index (χ1) is 11.4. The number of ether oxygens (including phenoxy) is 1. The predicted octanol–water partition coefficient (Wildman–Crippen LogP) is 1.53. The Balaban J connectivity index is 2.54. The molecule has 0 aromatic heterocycles. The number of guanidine groups is 1. The van der Waals surface area contributed by atoms with Crippen molar-refractivity contribution in [1.82, 2.24) is 15.1 Å². The topological polar surface area (TPSA) is 57.2 Å². The minimum Gasteiger partial charge on any atom is -0.492 e. The van der Waals surface area contributed by atoms with E-state index in [1.54, 1.807) is 20.2 Å². The predicted molar refractivity (Wildman–Crippen MR) is 98.5 cm³/mol. The first-order valence-corrected chi connectivity index (χ1v) is 7.94. The summed E-state index contributed by atoms with van der Waals surface area (Å²) in [7, 11) is 5.34. The summed E-state index contributed by atoms with van der Waals surface area (Å²) < 4.78 is 5.73. The van der Waals surface area contributed by atoms with Gasteiger partial charge in [-0.25, -0.2) is 4.99 Å². The fraction of sp³-hybridized carbons (Fsp3) is 0.444. The van der Waals surface area contributed by atoms with Gasteiger partial charge in [0.1, 0.15) is 18.9 Å². The van der Waals surface area contributed by atoms with Crippen LogP contribution in [0.3, 0.4) is 0 Å². The molecule has 1 amide bonds. The quantitative estimate of drug-likeness (QED) is 0.446. The van der Waals surface area contributed by atoms with Gasteiger partial charge in [0.2, 0.25) is 5.91 Å². The Labute approximate surface area is 144 Å². The van der Waals surface area contributed by atoms with Gasteiger partial charge in [0.05, 0.1) is 6.54 Å². The van der Waals surface area contributed by atoms with Crippen LogP contribution in [0.4, 0.5) is 0 Å². The van der Waals surface area contributed by atoms with E-state index >= 15 is 0 Å². The first kappa shape index (κ1) is 19.5. The highest BCUT2D eigenvalue weighted by Crippen LogP contribution is 2.11. The van der Waals surface area contributed by atoms with E-state index in [2.05, 4.69) is 16.9 Å². The van der Waals surface area contributed by atoms with Gasteiger partial charge >= 0.3 is 0 Å². The monoisotopic (exact) mass is 332 g/mol. The molecule has 24 heavy (non-hydrogen) atoms. The van der Waals surface area contributed by atoms with Crippen LogP contribution in [-0.2, 0) is 4.79 Å². The van der Waals surface area contributed by atoms with Crippen LogP contribution < -0.4 is 10.1 Å². The van der Waals surface area contributed by atoms with Crippen LogP contribution in [0.15, 0.2) is 41.9 Å². The number of hydrogen-bond acceptors (Lipinski definition) is 3. The molecule has 0 aliphatic rings. The molecule has 0 radical (unpaired) electrons. The lowest BCUT2D eigenvalue weighted by Crippen LogP contribution is -2.41. The van der Waals surface area contributed by atoms with E-state index in [0.29, 0.717) is 25.7 Å². The summed E-state index contributed by atoms with van der Waals surface area (Å²) in [5.41, 5.74) is 1.20. The molecule has 0 spiro atoms. The molecule has 1 N–H and O–H groups in total. The Kier molecular flexibility index (Phi) is 8.39. The maximum Gasteiger partial charge on any atom is 0.243 e. The van der Waals surface area contributed by atoms with E-state index in [1.807, 2.05) is 43.1 Å². The number of aryl methyl sites for hydroxylation is 1. The molecular formula is C18H28N4O2. The summed E-state index contributed by atoms with van der Waals surface area (Å²) in [5.74, 6) is 1.45. The van der Waals surface area contributed by atoms with E-state index in [0.717, 1.165) is 5.75 Å². The molecular weight excluding hydrogens is 304 g/mol. The SMILES string of the molecule is C=CCNC(=NCC(=O)N(C)C)N(C)CCOc1ccc(C)cc1. The van der Waals surface area contributed by atoms with E-state index in [1.165, 1.54) is 10.5 Å². The normalized spacial score (nSPS) is 10.9. The molecule has 0 unspecified atom stereocenters. The molecule has 6 heteroatoms. The number of likely N-dealkylation sites (N-methyl/N-ethyl adjacent to an activating group) is 2. The Hall–Kier alpha value is -2.50. The van der Waals surface area contributed by atoms with Gasteiger partial charge in [-0.15, -0.1) is 6.58 Å². The number of nitrogens with zero attached hydrogens (tertiary/aromatic N) is 3. The van der Waals surface area contributed by atoms with Crippen LogP contribution in [-0.4, -0.2) is 69.1 Å². The molecule has 0 fully saturated rings. The van der Waals surface area contributed by atoms with Gasteiger partial charge in [0.15, 0.2) is 5.96 Å². The molecule has 6 nitrogen and oxygen atoms in total. The first-order valence-electron chi connectivity index (χ1n) is 7.94. The number of carbonyl (C=O) groups is 1. The third-order valence-electron chi connectivity index (χ3n) is 3.35. The Morgan fingerprint density at radius 3 is 2.54 bits per heavy atom. The molecule has 0 atom stereocenters. The summed E-state index contributed by atoms with van der Waals surface area (Å²) in [5, 5.41) is 3.15. The molecule has 0 saturated heterocycles. The van der Waals surface area contributed by atoms with Crippen molar-refractivity contribution in [3.63, 3.8) is 0 Å². The minimum atomic E-state index is -0.0443. The number of amides is 1. The zero-order valence-corrected chi connectivity index (χ0v) is 15.1. The van der Waals surface area contributed by atoms with Crippen molar-refractivity contribution in [3.05, 3.63) is 42.5 Å². The molecule has 1 aromatic rings. The Bertz CT molecular complexity index is 553. The highest BCUT2D eigenvalue weighted by molar-refractivity contribution is 5.84. The lowest BCUT2D eigenvalue weighted by atomic mass is 10.2. The highest BCUT2D eigenvalue weighted by Gasteiger charge is 2.08. The smallest absolute Gasteiger partial charge is 0.243 e. The van der Waals surface area contributed by atoms with Crippen molar-refractivity contribution >= 4 is 11.9 Å². The average Bonchev–Trinajstić information content (AvgIpc) is 2.56. The molecule has 0 bridgehead atoms. The second-order valence-electron chi connectivity index (χ2n) is 5.68. The molecule has 0 aliphatic heterocycles. The Morgan fingerprint density at radius 2 is 1.96 bits per heavy atom. The van der Waals surface area contributed by atoms with Crippen molar-refractivity contribution < 1.29 is 9.53 Å². The zero-order chi connectivity index (χ0) is 17.9. The summed E-state index contributed by atoms with van der Waals surface area (Å²) in [6, 6.07) is 7.95. The zero-order valence-electron chi connectivity index (χ0n) is 15.1. The number of benzene rings is 1. The van der Waals surface area contributed by atoms with E-state index in [9.17, 15) is 4.79 Å². The molecule has 0 aliphatic carbocycles. The molecule has 0 heterocycles. The van der Waals surface area contributed by atoms with E-state index < -0.39 is 0 Å². The summed E-state index contributed by atoms with van der Waals surface area (Å²) in [6.45, 7) is 7.59. The van der Waals surface area contributed by atoms with Gasteiger partial charge < -0.3 is 19.9 Å². The van der Waals surface area contributed by atoms with Crippen LogP contribution in [0.2, 0.25) is 0 Å². The fourth-order valence-electron chi connectivity index (χ4n) is 1.80. The summed E-state index contributed by atoms with van der Waals surface area (Å²) in [6.07, 6.45) is 1.75. The number of hydrogen-bond donors (Lipinski definition) is 1. The largest absolute Gasteiger partial charge is 0.492 e. The molecule has 1 rings (SSSR count). The fourth-order valence-corrected chi connectivity index (χ4v) is 1.80. The van der Waals surface area contributed by atoms with Gasteiger partial charge in [-0.2, -0.15) is 0 Å². The molecule has 1 aromatic carbocycles.